The highest BCUT2D eigenvalue weighted by Gasteiger charge is 2.15. The summed E-state index contributed by atoms with van der Waals surface area (Å²) in [4.78, 5) is 22.3. The average molecular weight is 240 g/mol. The van der Waals surface area contributed by atoms with Crippen LogP contribution >= 0.6 is 11.6 Å². The van der Waals surface area contributed by atoms with Gasteiger partial charge in [-0.3, -0.25) is 0 Å². The van der Waals surface area contributed by atoms with Crippen molar-refractivity contribution in [2.75, 3.05) is 6.61 Å². The van der Waals surface area contributed by atoms with Gasteiger partial charge in [0.1, 0.15) is 0 Å². The molecule has 0 spiro atoms. The molecule has 0 unspecified atom stereocenters. The number of ether oxygens (including phenoxy) is 1. The van der Waals surface area contributed by atoms with E-state index in [-0.39, 0.29) is 5.82 Å². The number of pyridine rings is 1. The van der Waals surface area contributed by atoms with Crippen LogP contribution in [0.3, 0.4) is 0 Å². The Morgan fingerprint density at radius 3 is 3.06 bits per heavy atom. The number of hydrogen-bond donors (Lipinski definition) is 1. The molecule has 84 valence electrons. The first-order valence-electron chi connectivity index (χ1n) is 4.81. The third-order valence-corrected chi connectivity index (χ3v) is 2.57. The molecule has 0 atom stereocenters. The van der Waals surface area contributed by atoms with Crippen LogP contribution < -0.4 is 0 Å². The molecule has 1 N–H and O–H groups in total. The predicted molar refractivity (Wildman–Crippen MR) is 59.6 cm³/mol. The van der Waals surface area contributed by atoms with Gasteiger partial charge in [-0.05, 0) is 19.4 Å². The lowest BCUT2D eigenvalue weighted by atomic mass is 10.3. The minimum Gasteiger partial charge on any atom is -0.460 e. The van der Waals surface area contributed by atoms with Gasteiger partial charge in [-0.1, -0.05) is 11.6 Å². The molecular formula is C10H10ClN3O2. The molecule has 0 bridgehead atoms. The minimum absolute atomic E-state index is 0.148. The van der Waals surface area contributed by atoms with E-state index in [0.29, 0.717) is 22.8 Å². The number of hydrogen-bond acceptors (Lipinski definition) is 4. The van der Waals surface area contributed by atoms with Crippen molar-refractivity contribution in [3.63, 3.8) is 0 Å². The minimum atomic E-state index is -0.490. The number of rotatable bonds is 2. The number of halogens is 1. The molecular weight excluding hydrogens is 230 g/mol. The number of imidazole rings is 1. The number of carbonyl (C=O) groups excluding carboxylic acids is 1. The fourth-order valence-corrected chi connectivity index (χ4v) is 1.49. The zero-order chi connectivity index (χ0) is 11.7. The molecule has 6 heteroatoms. The van der Waals surface area contributed by atoms with Crippen molar-refractivity contribution >= 4 is 28.7 Å². The van der Waals surface area contributed by atoms with E-state index in [4.69, 9.17) is 16.3 Å². The van der Waals surface area contributed by atoms with Gasteiger partial charge in [-0.25, -0.2) is 14.8 Å². The second-order valence-corrected chi connectivity index (χ2v) is 3.64. The van der Waals surface area contributed by atoms with E-state index in [0.717, 1.165) is 5.56 Å². The van der Waals surface area contributed by atoms with E-state index < -0.39 is 5.97 Å². The zero-order valence-electron chi connectivity index (χ0n) is 8.87. The van der Waals surface area contributed by atoms with Gasteiger partial charge in [-0.15, -0.1) is 0 Å². The van der Waals surface area contributed by atoms with E-state index in [9.17, 15) is 4.79 Å². The Balaban J connectivity index is 2.52. The third kappa shape index (κ3) is 1.74. The van der Waals surface area contributed by atoms with Gasteiger partial charge in [0.05, 0.1) is 17.1 Å². The van der Waals surface area contributed by atoms with Crippen LogP contribution in [0.1, 0.15) is 23.1 Å². The van der Waals surface area contributed by atoms with Crippen LogP contribution in [0.4, 0.5) is 0 Å². The van der Waals surface area contributed by atoms with Crippen LogP contribution in [0.15, 0.2) is 6.20 Å². The zero-order valence-corrected chi connectivity index (χ0v) is 9.63. The number of fused-ring (bicyclic) bond motifs is 1. The molecule has 2 heterocycles. The van der Waals surface area contributed by atoms with Crippen LogP contribution in [0.5, 0.6) is 0 Å². The van der Waals surface area contributed by atoms with Gasteiger partial charge in [0.25, 0.3) is 0 Å². The lowest BCUT2D eigenvalue weighted by Gasteiger charge is -1.96. The number of aromatic amines is 1. The summed E-state index contributed by atoms with van der Waals surface area (Å²) in [6.45, 7) is 3.88. The molecule has 0 aromatic carbocycles. The van der Waals surface area contributed by atoms with E-state index in [2.05, 4.69) is 15.0 Å². The first-order valence-corrected chi connectivity index (χ1v) is 5.19. The molecule has 5 nitrogen and oxygen atoms in total. The SMILES string of the molecule is CCOC(=O)c1nc2ncc(Cl)c(C)c2[nH]1. The first kappa shape index (κ1) is 10.9. The summed E-state index contributed by atoms with van der Waals surface area (Å²) in [7, 11) is 0. The maximum absolute atomic E-state index is 11.4. The number of nitrogens with zero attached hydrogens (tertiary/aromatic N) is 2. The van der Waals surface area contributed by atoms with Crippen molar-refractivity contribution in [2.24, 2.45) is 0 Å². The average Bonchev–Trinajstić information content (AvgIpc) is 2.69. The molecule has 0 saturated carbocycles. The maximum atomic E-state index is 11.4. The smallest absolute Gasteiger partial charge is 0.374 e. The largest absolute Gasteiger partial charge is 0.460 e. The third-order valence-electron chi connectivity index (χ3n) is 2.19. The van der Waals surface area contributed by atoms with E-state index in [1.54, 1.807) is 6.92 Å². The molecule has 0 aliphatic rings. The van der Waals surface area contributed by atoms with Crippen LogP contribution in [-0.4, -0.2) is 27.5 Å². The molecule has 0 amide bonds. The molecule has 2 aromatic rings. The number of aromatic nitrogens is 3. The summed E-state index contributed by atoms with van der Waals surface area (Å²) >= 11 is 5.91. The van der Waals surface area contributed by atoms with E-state index in [1.807, 2.05) is 6.92 Å². The summed E-state index contributed by atoms with van der Waals surface area (Å²) in [6.07, 6.45) is 1.51. The van der Waals surface area contributed by atoms with Gasteiger partial charge in [0.15, 0.2) is 5.65 Å². The highest BCUT2D eigenvalue weighted by atomic mass is 35.5. The van der Waals surface area contributed by atoms with Gasteiger partial charge < -0.3 is 9.72 Å². The highest BCUT2D eigenvalue weighted by Crippen LogP contribution is 2.21. The van der Waals surface area contributed by atoms with Gasteiger partial charge in [0.2, 0.25) is 5.82 Å². The quantitative estimate of drug-likeness (QED) is 0.815. The van der Waals surface area contributed by atoms with Crippen LogP contribution in [0.2, 0.25) is 5.02 Å². The Morgan fingerprint density at radius 1 is 1.62 bits per heavy atom. The highest BCUT2D eigenvalue weighted by molar-refractivity contribution is 6.31. The standard InChI is InChI=1S/C10H10ClN3O2/c1-3-16-10(15)9-13-7-5(2)6(11)4-12-8(7)14-9/h4H,3H2,1-2H3,(H,12,13,14). The molecule has 0 aliphatic heterocycles. The van der Waals surface area contributed by atoms with Gasteiger partial charge >= 0.3 is 5.97 Å². The molecule has 0 aliphatic carbocycles. The van der Waals surface area contributed by atoms with Gasteiger partial charge in [-0.2, -0.15) is 0 Å². The lowest BCUT2D eigenvalue weighted by molar-refractivity contribution is 0.0513. The predicted octanol–water partition coefficient (Wildman–Crippen LogP) is 2.10. The van der Waals surface area contributed by atoms with Crippen molar-refractivity contribution < 1.29 is 9.53 Å². The van der Waals surface area contributed by atoms with Crippen LogP contribution in [0, 0.1) is 6.92 Å². The van der Waals surface area contributed by atoms with Crippen molar-refractivity contribution in [3.8, 4) is 0 Å². The monoisotopic (exact) mass is 239 g/mol. The number of H-pyrrole nitrogens is 1. The number of aryl methyl sites for hydroxylation is 1. The molecule has 2 rings (SSSR count). The van der Waals surface area contributed by atoms with Crippen LogP contribution in [0.25, 0.3) is 11.2 Å². The lowest BCUT2D eigenvalue weighted by Crippen LogP contribution is -2.06. The Morgan fingerprint density at radius 2 is 2.38 bits per heavy atom. The Hall–Kier alpha value is -1.62. The summed E-state index contributed by atoms with van der Waals surface area (Å²) in [5.74, 6) is -0.342. The van der Waals surface area contributed by atoms with E-state index >= 15 is 0 Å². The molecule has 0 fully saturated rings. The second kappa shape index (κ2) is 4.09. The van der Waals surface area contributed by atoms with Crippen LogP contribution in [-0.2, 0) is 4.74 Å². The molecule has 0 saturated heterocycles. The molecule has 0 radical (unpaired) electrons. The number of carbonyl (C=O) groups is 1. The van der Waals surface area contributed by atoms with Crippen molar-refractivity contribution in [3.05, 3.63) is 22.6 Å². The van der Waals surface area contributed by atoms with Crippen molar-refractivity contribution in [2.45, 2.75) is 13.8 Å². The van der Waals surface area contributed by atoms with Crippen molar-refractivity contribution in [1.82, 2.24) is 15.0 Å². The van der Waals surface area contributed by atoms with E-state index in [1.165, 1.54) is 6.20 Å². The summed E-state index contributed by atoms with van der Waals surface area (Å²) in [5, 5.41) is 0.534. The summed E-state index contributed by atoms with van der Waals surface area (Å²) in [6, 6.07) is 0. The Labute approximate surface area is 96.8 Å². The Kier molecular flexibility index (Phi) is 2.78. The number of esters is 1. The van der Waals surface area contributed by atoms with Crippen molar-refractivity contribution in [1.29, 1.82) is 0 Å². The summed E-state index contributed by atoms with van der Waals surface area (Å²) < 4.78 is 4.83. The first-order chi connectivity index (χ1) is 7.63. The molecule has 16 heavy (non-hydrogen) atoms. The fourth-order valence-electron chi connectivity index (χ4n) is 1.35. The summed E-state index contributed by atoms with van der Waals surface area (Å²) in [5.41, 5.74) is 1.94. The second-order valence-electron chi connectivity index (χ2n) is 3.24. The topological polar surface area (TPSA) is 67.9 Å². The fraction of sp³-hybridized carbons (Fsp3) is 0.300. The number of nitrogens with one attached hydrogen (secondary N) is 1. The Bertz CT molecular complexity index is 550. The normalized spacial score (nSPS) is 10.7. The molecule has 2 aromatic heterocycles. The van der Waals surface area contributed by atoms with Gasteiger partial charge in [0, 0.05) is 6.20 Å². The maximum Gasteiger partial charge on any atom is 0.374 e.